The van der Waals surface area contributed by atoms with Crippen LogP contribution in [0.5, 0.6) is 0 Å². The number of carbonyl (C=O) groups excluding carboxylic acids is 2. The van der Waals surface area contributed by atoms with Crippen molar-refractivity contribution in [1.82, 2.24) is 5.32 Å². The highest BCUT2D eigenvalue weighted by Gasteiger charge is 2.40. The lowest BCUT2D eigenvalue weighted by atomic mass is 10.3. The third-order valence-electron chi connectivity index (χ3n) is 1.31. The maximum atomic E-state index is 11.8. The molecule has 0 spiro atoms. The van der Waals surface area contributed by atoms with Crippen LogP contribution in [0.2, 0.25) is 0 Å². The van der Waals surface area contributed by atoms with Gasteiger partial charge >= 0.3 is 18.1 Å². The van der Waals surface area contributed by atoms with Crippen LogP contribution in [0.4, 0.5) is 13.2 Å². The van der Waals surface area contributed by atoms with Crippen molar-refractivity contribution < 1.29 is 27.5 Å². The zero-order valence-corrected chi connectivity index (χ0v) is 8.51. The zero-order valence-electron chi connectivity index (χ0n) is 8.51. The van der Waals surface area contributed by atoms with Gasteiger partial charge in [-0.3, -0.25) is 4.79 Å². The lowest BCUT2D eigenvalue weighted by Gasteiger charge is -2.15. The fraction of sp³-hybridized carbons (Fsp3) is 0.750. The second-order valence-electron chi connectivity index (χ2n) is 3.18. The molecule has 7 heteroatoms. The SMILES string of the molecule is CC(C)OC(=O)C(C)NC(=O)C(F)(F)F. The van der Waals surface area contributed by atoms with E-state index in [2.05, 4.69) is 4.74 Å². The Morgan fingerprint density at radius 2 is 1.67 bits per heavy atom. The molecule has 0 aliphatic heterocycles. The van der Waals surface area contributed by atoms with Gasteiger partial charge in [-0.05, 0) is 20.8 Å². The average Bonchev–Trinajstić information content (AvgIpc) is 2.00. The number of ether oxygens (including phenoxy) is 1. The third-order valence-corrected chi connectivity index (χ3v) is 1.31. The number of hydrogen-bond donors (Lipinski definition) is 1. The Bertz CT molecular complexity index is 250. The summed E-state index contributed by atoms with van der Waals surface area (Å²) in [4.78, 5) is 21.4. The fourth-order valence-corrected chi connectivity index (χ4v) is 0.672. The van der Waals surface area contributed by atoms with Crippen LogP contribution in [0.3, 0.4) is 0 Å². The molecule has 0 aliphatic rings. The van der Waals surface area contributed by atoms with E-state index in [1.165, 1.54) is 5.32 Å². The number of hydrogen-bond acceptors (Lipinski definition) is 3. The third kappa shape index (κ3) is 5.24. The van der Waals surface area contributed by atoms with Crippen molar-refractivity contribution in [2.24, 2.45) is 0 Å². The summed E-state index contributed by atoms with van der Waals surface area (Å²) in [6, 6.07) is -1.32. The van der Waals surface area contributed by atoms with Crippen LogP contribution in [-0.4, -0.2) is 30.2 Å². The molecule has 0 bridgehead atoms. The first kappa shape index (κ1) is 13.7. The van der Waals surface area contributed by atoms with Gasteiger partial charge in [0.25, 0.3) is 0 Å². The van der Waals surface area contributed by atoms with Crippen LogP contribution in [0.25, 0.3) is 0 Å². The van der Waals surface area contributed by atoms with E-state index in [9.17, 15) is 22.8 Å². The molecule has 4 nitrogen and oxygen atoms in total. The van der Waals surface area contributed by atoms with Crippen LogP contribution >= 0.6 is 0 Å². The molecule has 0 rings (SSSR count). The molecular formula is C8H12F3NO3. The number of nitrogens with one attached hydrogen (secondary N) is 1. The summed E-state index contributed by atoms with van der Waals surface area (Å²) in [6.07, 6.45) is -5.44. The Labute approximate surface area is 84.8 Å². The molecule has 0 aliphatic carbocycles. The summed E-state index contributed by atoms with van der Waals surface area (Å²) < 4.78 is 39.9. The van der Waals surface area contributed by atoms with Gasteiger partial charge in [0.15, 0.2) is 0 Å². The van der Waals surface area contributed by atoms with Crippen LogP contribution in [0.1, 0.15) is 20.8 Å². The molecule has 1 unspecified atom stereocenters. The molecule has 1 N–H and O–H groups in total. The second-order valence-corrected chi connectivity index (χ2v) is 3.18. The number of halogens is 3. The van der Waals surface area contributed by atoms with E-state index < -0.39 is 30.2 Å². The van der Waals surface area contributed by atoms with E-state index in [0.29, 0.717) is 0 Å². The highest BCUT2D eigenvalue weighted by Crippen LogP contribution is 2.14. The van der Waals surface area contributed by atoms with E-state index in [1.54, 1.807) is 13.8 Å². The molecule has 0 aromatic rings. The van der Waals surface area contributed by atoms with Crippen molar-refractivity contribution in [2.75, 3.05) is 0 Å². The number of alkyl halides is 3. The van der Waals surface area contributed by atoms with E-state index in [0.717, 1.165) is 6.92 Å². The first-order valence-electron chi connectivity index (χ1n) is 4.22. The van der Waals surface area contributed by atoms with E-state index in [-0.39, 0.29) is 0 Å². The predicted octanol–water partition coefficient (Wildman–Crippen LogP) is 1.00. The largest absolute Gasteiger partial charge is 0.471 e. The molecule has 15 heavy (non-hydrogen) atoms. The smallest absolute Gasteiger partial charge is 0.461 e. The minimum absolute atomic E-state index is 0.442. The monoisotopic (exact) mass is 227 g/mol. The van der Waals surface area contributed by atoms with Crippen molar-refractivity contribution in [3.05, 3.63) is 0 Å². The molecule has 0 saturated carbocycles. The van der Waals surface area contributed by atoms with Gasteiger partial charge in [0.05, 0.1) is 6.10 Å². The minimum atomic E-state index is -4.99. The van der Waals surface area contributed by atoms with Crippen molar-refractivity contribution in [1.29, 1.82) is 0 Å². The van der Waals surface area contributed by atoms with Crippen LogP contribution in [0.15, 0.2) is 0 Å². The maximum absolute atomic E-state index is 11.8. The summed E-state index contributed by atoms with van der Waals surface area (Å²) in [5.41, 5.74) is 0. The van der Waals surface area contributed by atoms with Gasteiger partial charge < -0.3 is 10.1 Å². The van der Waals surface area contributed by atoms with E-state index in [4.69, 9.17) is 0 Å². The van der Waals surface area contributed by atoms with Gasteiger partial charge in [-0.1, -0.05) is 0 Å². The molecule has 0 aromatic carbocycles. The maximum Gasteiger partial charge on any atom is 0.471 e. The highest BCUT2D eigenvalue weighted by molar-refractivity contribution is 5.87. The van der Waals surface area contributed by atoms with Gasteiger partial charge in [0, 0.05) is 0 Å². The molecule has 1 amide bonds. The standard InChI is InChI=1S/C8H12F3NO3/c1-4(2)15-6(13)5(3)12-7(14)8(9,10)11/h4-5H,1-3H3,(H,12,14). The van der Waals surface area contributed by atoms with Crippen molar-refractivity contribution in [3.63, 3.8) is 0 Å². The first-order chi connectivity index (χ1) is 6.64. The molecule has 0 heterocycles. The Morgan fingerprint density at radius 3 is 2.00 bits per heavy atom. The van der Waals surface area contributed by atoms with Gasteiger partial charge in [0.2, 0.25) is 0 Å². The molecule has 0 saturated heterocycles. The number of rotatable bonds is 3. The van der Waals surface area contributed by atoms with Crippen LogP contribution in [-0.2, 0) is 14.3 Å². The summed E-state index contributed by atoms with van der Waals surface area (Å²) >= 11 is 0. The Kier molecular flexibility index (Phi) is 4.57. The predicted molar refractivity (Wildman–Crippen MR) is 44.9 cm³/mol. The molecule has 0 fully saturated rings. The van der Waals surface area contributed by atoms with Crippen LogP contribution in [0, 0.1) is 0 Å². The van der Waals surface area contributed by atoms with Crippen LogP contribution < -0.4 is 5.32 Å². The summed E-state index contributed by atoms with van der Waals surface area (Å²) in [7, 11) is 0. The highest BCUT2D eigenvalue weighted by atomic mass is 19.4. The zero-order chi connectivity index (χ0) is 12.2. The topological polar surface area (TPSA) is 55.4 Å². The Hall–Kier alpha value is -1.27. The molecule has 1 atom stereocenters. The number of carbonyl (C=O) groups is 2. The Balaban J connectivity index is 4.20. The fourth-order valence-electron chi connectivity index (χ4n) is 0.672. The molecule has 0 aromatic heterocycles. The number of esters is 1. The van der Waals surface area contributed by atoms with Gasteiger partial charge in [-0.15, -0.1) is 0 Å². The first-order valence-corrected chi connectivity index (χ1v) is 4.22. The second kappa shape index (κ2) is 4.99. The van der Waals surface area contributed by atoms with Gasteiger partial charge in [-0.2, -0.15) is 13.2 Å². The molecule has 88 valence electrons. The summed E-state index contributed by atoms with van der Waals surface area (Å²) in [5.74, 6) is -3.06. The number of amides is 1. The quantitative estimate of drug-likeness (QED) is 0.732. The normalized spacial score (nSPS) is 13.5. The lowest BCUT2D eigenvalue weighted by molar-refractivity contribution is -0.176. The van der Waals surface area contributed by atoms with Crippen molar-refractivity contribution in [3.8, 4) is 0 Å². The van der Waals surface area contributed by atoms with Gasteiger partial charge in [0.1, 0.15) is 6.04 Å². The van der Waals surface area contributed by atoms with E-state index in [1.807, 2.05) is 0 Å². The average molecular weight is 227 g/mol. The summed E-state index contributed by atoms with van der Waals surface area (Å²) in [6.45, 7) is 4.22. The Morgan fingerprint density at radius 1 is 1.20 bits per heavy atom. The minimum Gasteiger partial charge on any atom is -0.461 e. The van der Waals surface area contributed by atoms with Crippen molar-refractivity contribution >= 4 is 11.9 Å². The van der Waals surface area contributed by atoms with Gasteiger partial charge in [-0.25, -0.2) is 4.79 Å². The lowest BCUT2D eigenvalue weighted by Crippen LogP contribution is -2.46. The molecule has 0 radical (unpaired) electrons. The summed E-state index contributed by atoms with van der Waals surface area (Å²) in [5, 5.41) is 1.49. The van der Waals surface area contributed by atoms with E-state index >= 15 is 0 Å². The van der Waals surface area contributed by atoms with Crippen molar-refractivity contribution in [2.45, 2.75) is 39.1 Å². The molecular weight excluding hydrogens is 215 g/mol.